The first-order chi connectivity index (χ1) is 17.4. The van der Waals surface area contributed by atoms with Gasteiger partial charge in [-0.1, -0.05) is 68.2 Å². The van der Waals surface area contributed by atoms with Gasteiger partial charge < -0.3 is 9.80 Å². The Kier molecular flexibility index (Phi) is 8.29. The average molecular weight is 522 g/mol. The highest BCUT2D eigenvalue weighted by atomic mass is 32.2. The number of amides is 1. The summed E-state index contributed by atoms with van der Waals surface area (Å²) in [5.41, 5.74) is 2.23. The molecule has 7 nitrogen and oxygen atoms in total. The van der Waals surface area contributed by atoms with Crippen LogP contribution in [0.2, 0.25) is 0 Å². The number of nitriles is 1. The van der Waals surface area contributed by atoms with Crippen LogP contribution in [0.1, 0.15) is 42.5 Å². The van der Waals surface area contributed by atoms with Gasteiger partial charge in [-0.05, 0) is 37.1 Å². The van der Waals surface area contributed by atoms with E-state index in [9.17, 15) is 14.9 Å². The number of aromatic nitrogens is 1. The second kappa shape index (κ2) is 11.4. The molecular formula is C27H31N5O2S2. The highest BCUT2D eigenvalue weighted by Gasteiger charge is 2.33. The van der Waals surface area contributed by atoms with Crippen molar-refractivity contribution in [3.63, 3.8) is 0 Å². The van der Waals surface area contributed by atoms with Crippen molar-refractivity contribution < 1.29 is 4.79 Å². The molecule has 9 heteroatoms. The van der Waals surface area contributed by atoms with Crippen LogP contribution in [0.25, 0.3) is 6.08 Å². The molecule has 0 unspecified atom stereocenters. The van der Waals surface area contributed by atoms with Crippen molar-refractivity contribution >= 4 is 46.1 Å². The number of hydrogen-bond acceptors (Lipinski definition) is 7. The Bertz CT molecular complexity index is 1290. The topological polar surface area (TPSA) is 72.6 Å². The van der Waals surface area contributed by atoms with E-state index >= 15 is 0 Å². The Morgan fingerprint density at radius 2 is 1.81 bits per heavy atom. The van der Waals surface area contributed by atoms with Crippen LogP contribution < -0.4 is 10.5 Å². The molecule has 0 saturated carbocycles. The number of thioether (sulfide) groups is 1. The second-order valence-corrected chi connectivity index (χ2v) is 10.7. The first kappa shape index (κ1) is 26.1. The van der Waals surface area contributed by atoms with E-state index in [0.717, 1.165) is 56.1 Å². The summed E-state index contributed by atoms with van der Waals surface area (Å²) in [6.07, 6.45) is 2.60. The fourth-order valence-corrected chi connectivity index (χ4v) is 5.96. The Hall–Kier alpha value is -2.93. The minimum atomic E-state index is -0.265. The van der Waals surface area contributed by atoms with E-state index in [4.69, 9.17) is 12.2 Å². The van der Waals surface area contributed by atoms with E-state index in [-0.39, 0.29) is 17.0 Å². The van der Waals surface area contributed by atoms with Crippen LogP contribution in [0, 0.1) is 18.3 Å². The Labute approximate surface area is 222 Å². The van der Waals surface area contributed by atoms with E-state index in [1.807, 2.05) is 43.3 Å². The maximum absolute atomic E-state index is 13.4. The summed E-state index contributed by atoms with van der Waals surface area (Å²) < 4.78 is 2.23. The molecule has 0 N–H and O–H groups in total. The Morgan fingerprint density at radius 3 is 2.42 bits per heavy atom. The third kappa shape index (κ3) is 5.12. The lowest BCUT2D eigenvalue weighted by Gasteiger charge is -2.37. The van der Waals surface area contributed by atoms with E-state index < -0.39 is 0 Å². The average Bonchev–Trinajstić information content (AvgIpc) is 3.15. The molecule has 0 spiro atoms. The van der Waals surface area contributed by atoms with E-state index in [1.54, 1.807) is 16.4 Å². The second-order valence-electron chi connectivity index (χ2n) is 8.98. The minimum Gasteiger partial charge on any atom is -0.355 e. The summed E-state index contributed by atoms with van der Waals surface area (Å²) in [5.74, 6) is 0.643. The molecule has 1 amide bonds. The summed E-state index contributed by atoms with van der Waals surface area (Å²) in [6.45, 7) is 11.2. The summed E-state index contributed by atoms with van der Waals surface area (Å²) in [6, 6.07) is 11.9. The molecule has 188 valence electrons. The van der Waals surface area contributed by atoms with Gasteiger partial charge in [0, 0.05) is 38.3 Å². The number of thiocarbonyl (C=S) groups is 1. The van der Waals surface area contributed by atoms with Crippen LogP contribution >= 0.6 is 24.0 Å². The highest BCUT2D eigenvalue weighted by molar-refractivity contribution is 8.26. The third-order valence-electron chi connectivity index (χ3n) is 6.75. The molecule has 2 aliphatic heterocycles. The van der Waals surface area contributed by atoms with Crippen molar-refractivity contribution in [1.82, 2.24) is 14.4 Å². The first-order valence-electron chi connectivity index (χ1n) is 12.3. The zero-order valence-electron chi connectivity index (χ0n) is 21.0. The first-order valence-corrected chi connectivity index (χ1v) is 13.6. The number of hydrogen-bond donors (Lipinski definition) is 0. The lowest BCUT2D eigenvalue weighted by atomic mass is 10.0. The van der Waals surface area contributed by atoms with Gasteiger partial charge in [-0.2, -0.15) is 5.26 Å². The maximum Gasteiger partial charge on any atom is 0.270 e. The molecule has 1 aromatic heterocycles. The number of anilines is 1. The molecule has 0 atom stereocenters. The van der Waals surface area contributed by atoms with Crippen molar-refractivity contribution in [2.45, 2.75) is 40.3 Å². The molecule has 2 aromatic rings. The van der Waals surface area contributed by atoms with Crippen molar-refractivity contribution in [3.8, 4) is 6.07 Å². The summed E-state index contributed by atoms with van der Waals surface area (Å²) in [5, 5.41) is 9.84. The lowest BCUT2D eigenvalue weighted by Crippen LogP contribution is -2.48. The molecule has 2 saturated heterocycles. The molecule has 0 radical (unpaired) electrons. The number of likely N-dealkylation sites (N-methyl/N-ethyl adjacent to an activating group) is 1. The minimum absolute atomic E-state index is 0.130. The molecule has 4 rings (SSSR count). The SMILES string of the molecule is CCCn1c(N2CCN(CC)CC2)c(C=C2SC(=S)N(Cc3ccccc3)C2=O)c(C)c(C#N)c1=O. The van der Waals surface area contributed by atoms with Crippen LogP contribution in [0.15, 0.2) is 40.0 Å². The van der Waals surface area contributed by atoms with Crippen molar-refractivity contribution in [3.05, 3.63) is 67.8 Å². The number of rotatable bonds is 7. The lowest BCUT2D eigenvalue weighted by molar-refractivity contribution is -0.122. The standard InChI is InChI=1S/C27H31N5O2S2/c1-4-11-31-24(30-14-12-29(5-2)13-15-30)21(19(3)22(17-28)25(31)33)16-23-26(34)32(27(35)36-23)18-20-9-7-6-8-10-20/h6-10,16H,4-5,11-15,18H2,1-3H3. The number of pyridine rings is 1. The zero-order valence-corrected chi connectivity index (χ0v) is 22.6. The normalized spacial score (nSPS) is 17.8. The molecule has 36 heavy (non-hydrogen) atoms. The van der Waals surface area contributed by atoms with Crippen LogP contribution in [0.3, 0.4) is 0 Å². The van der Waals surface area contributed by atoms with Gasteiger partial charge >= 0.3 is 0 Å². The van der Waals surface area contributed by atoms with E-state index in [0.29, 0.717) is 27.9 Å². The number of carbonyl (C=O) groups excluding carboxylic acids is 1. The molecular weight excluding hydrogens is 490 g/mol. The predicted octanol–water partition coefficient (Wildman–Crippen LogP) is 3.98. The maximum atomic E-state index is 13.4. The highest BCUT2D eigenvalue weighted by Crippen LogP contribution is 2.36. The van der Waals surface area contributed by atoms with Gasteiger partial charge in [0.1, 0.15) is 21.8 Å². The van der Waals surface area contributed by atoms with Gasteiger partial charge in [0.05, 0.1) is 11.4 Å². The molecule has 3 heterocycles. The zero-order chi connectivity index (χ0) is 25.8. The van der Waals surface area contributed by atoms with Gasteiger partial charge in [0.15, 0.2) is 0 Å². The molecule has 0 bridgehead atoms. The largest absolute Gasteiger partial charge is 0.355 e. The van der Waals surface area contributed by atoms with Crippen LogP contribution in [0.4, 0.5) is 5.82 Å². The van der Waals surface area contributed by atoms with Crippen molar-refractivity contribution in [2.75, 3.05) is 37.6 Å². The summed E-state index contributed by atoms with van der Waals surface area (Å²) in [7, 11) is 0. The summed E-state index contributed by atoms with van der Waals surface area (Å²) >= 11 is 6.84. The third-order valence-corrected chi connectivity index (χ3v) is 8.12. The number of nitrogens with zero attached hydrogens (tertiary/aromatic N) is 5. The van der Waals surface area contributed by atoms with Gasteiger partial charge in [0.25, 0.3) is 11.5 Å². The van der Waals surface area contributed by atoms with Gasteiger partial charge in [-0.15, -0.1) is 0 Å². The predicted molar refractivity (Wildman–Crippen MR) is 150 cm³/mol. The monoisotopic (exact) mass is 521 g/mol. The summed E-state index contributed by atoms with van der Waals surface area (Å²) in [4.78, 5) is 33.5. The fraction of sp³-hybridized carbons (Fsp3) is 0.407. The van der Waals surface area contributed by atoms with Crippen molar-refractivity contribution in [1.29, 1.82) is 5.26 Å². The van der Waals surface area contributed by atoms with E-state index in [2.05, 4.69) is 22.8 Å². The van der Waals surface area contributed by atoms with Gasteiger partial charge in [0.2, 0.25) is 0 Å². The number of carbonyl (C=O) groups is 1. The van der Waals surface area contributed by atoms with Gasteiger partial charge in [-0.25, -0.2) is 0 Å². The quantitative estimate of drug-likeness (QED) is 0.403. The Balaban J connectivity index is 1.80. The number of benzene rings is 1. The smallest absolute Gasteiger partial charge is 0.270 e. The molecule has 1 aromatic carbocycles. The van der Waals surface area contributed by atoms with Crippen LogP contribution in [0.5, 0.6) is 0 Å². The fourth-order valence-electron chi connectivity index (χ4n) is 4.73. The van der Waals surface area contributed by atoms with E-state index in [1.165, 1.54) is 11.8 Å². The molecule has 0 aliphatic carbocycles. The Morgan fingerprint density at radius 1 is 1.11 bits per heavy atom. The van der Waals surface area contributed by atoms with Gasteiger partial charge in [-0.3, -0.25) is 19.1 Å². The van der Waals surface area contributed by atoms with Crippen LogP contribution in [-0.2, 0) is 17.9 Å². The number of piperazine rings is 1. The molecule has 2 fully saturated rings. The molecule has 2 aliphatic rings. The van der Waals surface area contributed by atoms with Crippen molar-refractivity contribution in [2.24, 2.45) is 0 Å². The van der Waals surface area contributed by atoms with Crippen LogP contribution in [-0.4, -0.2) is 57.3 Å².